The summed E-state index contributed by atoms with van der Waals surface area (Å²) in [5.74, 6) is -0.260. The van der Waals surface area contributed by atoms with E-state index in [2.05, 4.69) is 15.0 Å². The lowest BCUT2D eigenvalue weighted by atomic mass is 9.93. The van der Waals surface area contributed by atoms with Crippen molar-refractivity contribution in [2.75, 3.05) is 18.5 Å². The van der Waals surface area contributed by atoms with Gasteiger partial charge in [-0.1, -0.05) is 12.1 Å². The molecule has 2 aromatic rings. The van der Waals surface area contributed by atoms with Gasteiger partial charge in [0.25, 0.3) is 0 Å². The number of halogens is 3. The molecule has 132 valence electrons. The van der Waals surface area contributed by atoms with Gasteiger partial charge < -0.3 is 15.2 Å². The fourth-order valence-electron chi connectivity index (χ4n) is 2.94. The van der Waals surface area contributed by atoms with Crippen LogP contribution in [0.15, 0.2) is 35.3 Å². The molecule has 0 fully saturated rings. The Morgan fingerprint density at radius 1 is 1.24 bits per heavy atom. The first-order valence-corrected chi connectivity index (χ1v) is 7.79. The highest BCUT2D eigenvalue weighted by Gasteiger charge is 2.31. The average Bonchev–Trinajstić information content (AvgIpc) is 2.56. The molecule has 0 unspecified atom stereocenters. The van der Waals surface area contributed by atoms with Crippen LogP contribution in [-0.4, -0.2) is 30.8 Å². The lowest BCUT2D eigenvalue weighted by molar-refractivity contribution is -0.274. The molecule has 2 N–H and O–H groups in total. The maximum Gasteiger partial charge on any atom is 0.573 e. The lowest BCUT2D eigenvalue weighted by Crippen LogP contribution is -2.17. The van der Waals surface area contributed by atoms with Crippen molar-refractivity contribution < 1.29 is 23.0 Å². The molecule has 2 aromatic carbocycles. The minimum Gasteiger partial charge on any atom is -0.406 e. The summed E-state index contributed by atoms with van der Waals surface area (Å²) in [5, 5.41) is 12.5. The van der Waals surface area contributed by atoms with Crippen LogP contribution in [0.2, 0.25) is 0 Å². The zero-order valence-corrected chi connectivity index (χ0v) is 13.5. The zero-order valence-electron chi connectivity index (χ0n) is 13.5. The zero-order chi connectivity index (χ0) is 18.0. The molecule has 0 saturated heterocycles. The van der Waals surface area contributed by atoms with Gasteiger partial charge in [-0.05, 0) is 48.2 Å². The number of aliphatic imine (C=N–C) groups is 1. The molecule has 0 saturated carbocycles. The van der Waals surface area contributed by atoms with Crippen LogP contribution in [0.3, 0.4) is 0 Å². The first-order valence-electron chi connectivity index (χ1n) is 7.79. The largest absolute Gasteiger partial charge is 0.573 e. The van der Waals surface area contributed by atoms with Crippen LogP contribution in [0.4, 0.5) is 24.5 Å². The summed E-state index contributed by atoms with van der Waals surface area (Å²) >= 11 is 0. The van der Waals surface area contributed by atoms with Crippen LogP contribution in [0.5, 0.6) is 5.75 Å². The minimum atomic E-state index is -4.71. The Hall–Kier alpha value is -2.54. The van der Waals surface area contributed by atoms with Crippen LogP contribution in [0.25, 0.3) is 11.1 Å². The number of nitrogens with one attached hydrogen (secondary N) is 1. The molecule has 3 rings (SSSR count). The number of hydrogen-bond donors (Lipinski definition) is 2. The summed E-state index contributed by atoms with van der Waals surface area (Å²) in [6.45, 7) is 2.52. The van der Waals surface area contributed by atoms with E-state index >= 15 is 0 Å². The number of anilines is 1. The number of fused-ring (bicyclic) bond motifs is 1. The Balaban J connectivity index is 2.03. The second kappa shape index (κ2) is 6.76. The quantitative estimate of drug-likeness (QED) is 0.868. The van der Waals surface area contributed by atoms with E-state index in [4.69, 9.17) is 0 Å². The summed E-state index contributed by atoms with van der Waals surface area (Å²) in [7, 11) is 0. The molecule has 0 aliphatic carbocycles. The van der Waals surface area contributed by atoms with Gasteiger partial charge in [-0.3, -0.25) is 4.99 Å². The molecule has 1 aliphatic rings. The SMILES string of the molecule is Cc1cc(-c2ccc(OC(F)(F)F)cc2)c2c(c1CCO)N=CCN2. The number of benzene rings is 2. The summed E-state index contributed by atoms with van der Waals surface area (Å²) in [4.78, 5) is 4.45. The molecule has 0 radical (unpaired) electrons. The third-order valence-electron chi connectivity index (χ3n) is 3.98. The molecule has 1 aliphatic heterocycles. The second-order valence-electron chi connectivity index (χ2n) is 5.68. The van der Waals surface area contributed by atoms with Gasteiger partial charge in [0.15, 0.2) is 0 Å². The van der Waals surface area contributed by atoms with Crippen molar-refractivity contribution >= 4 is 17.6 Å². The first-order chi connectivity index (χ1) is 11.9. The highest BCUT2D eigenvalue weighted by atomic mass is 19.4. The lowest BCUT2D eigenvalue weighted by Gasteiger charge is -2.22. The van der Waals surface area contributed by atoms with Gasteiger partial charge >= 0.3 is 6.36 Å². The third kappa shape index (κ3) is 3.76. The Morgan fingerprint density at radius 2 is 1.96 bits per heavy atom. The number of aliphatic hydroxyl groups excluding tert-OH is 1. The van der Waals surface area contributed by atoms with Gasteiger partial charge in [-0.25, -0.2) is 0 Å². The number of aliphatic hydroxyl groups is 1. The predicted octanol–water partition coefficient (Wildman–Crippen LogP) is 4.22. The topological polar surface area (TPSA) is 53.9 Å². The number of hydrogen-bond acceptors (Lipinski definition) is 4. The molecular formula is C18H17F3N2O2. The van der Waals surface area contributed by atoms with Gasteiger partial charge in [0, 0.05) is 18.4 Å². The molecule has 0 spiro atoms. The fraction of sp³-hybridized carbons (Fsp3) is 0.278. The van der Waals surface area contributed by atoms with Crippen molar-refractivity contribution in [2.24, 2.45) is 4.99 Å². The number of rotatable bonds is 4. The highest BCUT2D eigenvalue weighted by Crippen LogP contribution is 2.42. The van der Waals surface area contributed by atoms with E-state index in [1.807, 2.05) is 13.0 Å². The Morgan fingerprint density at radius 3 is 2.60 bits per heavy atom. The Bertz CT molecular complexity index is 799. The molecule has 7 heteroatoms. The fourth-order valence-corrected chi connectivity index (χ4v) is 2.94. The van der Waals surface area contributed by atoms with Crippen molar-refractivity contribution in [3.05, 3.63) is 41.5 Å². The van der Waals surface area contributed by atoms with Crippen molar-refractivity contribution in [1.82, 2.24) is 0 Å². The Labute approximate surface area is 143 Å². The van der Waals surface area contributed by atoms with E-state index in [0.29, 0.717) is 13.0 Å². The van der Waals surface area contributed by atoms with Crippen LogP contribution < -0.4 is 10.1 Å². The highest BCUT2D eigenvalue weighted by molar-refractivity contribution is 5.93. The number of ether oxygens (including phenoxy) is 1. The van der Waals surface area contributed by atoms with Crippen LogP contribution in [-0.2, 0) is 6.42 Å². The second-order valence-corrected chi connectivity index (χ2v) is 5.68. The number of aryl methyl sites for hydroxylation is 1. The van der Waals surface area contributed by atoms with Crippen LogP contribution in [0, 0.1) is 6.92 Å². The van der Waals surface area contributed by atoms with Gasteiger partial charge in [0.1, 0.15) is 5.75 Å². The number of nitrogens with zero attached hydrogens (tertiary/aromatic N) is 1. The van der Waals surface area contributed by atoms with Gasteiger partial charge in [0.05, 0.1) is 17.9 Å². The van der Waals surface area contributed by atoms with Crippen LogP contribution >= 0.6 is 0 Å². The van der Waals surface area contributed by atoms with E-state index in [1.165, 1.54) is 12.1 Å². The van der Waals surface area contributed by atoms with Crippen molar-refractivity contribution in [1.29, 1.82) is 0 Å². The molecule has 0 amide bonds. The van der Waals surface area contributed by atoms with Gasteiger partial charge in [0.2, 0.25) is 0 Å². The molecular weight excluding hydrogens is 333 g/mol. The van der Waals surface area contributed by atoms with Crippen molar-refractivity contribution in [3.63, 3.8) is 0 Å². The maximum absolute atomic E-state index is 12.3. The average molecular weight is 350 g/mol. The molecule has 0 atom stereocenters. The third-order valence-corrected chi connectivity index (χ3v) is 3.98. The van der Waals surface area contributed by atoms with E-state index in [0.717, 1.165) is 33.6 Å². The first kappa shape index (κ1) is 17.3. The minimum absolute atomic E-state index is 0.0195. The van der Waals surface area contributed by atoms with Gasteiger partial charge in [-0.15, -0.1) is 13.2 Å². The number of alkyl halides is 3. The normalized spacial score (nSPS) is 13.3. The predicted molar refractivity (Wildman–Crippen MR) is 90.7 cm³/mol. The van der Waals surface area contributed by atoms with Crippen LogP contribution in [0.1, 0.15) is 11.1 Å². The molecule has 4 nitrogen and oxygen atoms in total. The standard InChI is InChI=1S/C18H17F3N2O2/c1-11-10-15(12-2-4-13(5-3-12)25-18(19,20)21)17-16(14(11)6-9-24)22-7-8-23-17/h2-5,7,10,23-24H,6,8-9H2,1H3. The van der Waals surface area contributed by atoms with E-state index in [-0.39, 0.29) is 12.4 Å². The molecule has 1 heterocycles. The summed E-state index contributed by atoms with van der Waals surface area (Å²) in [6.07, 6.45) is -2.46. The van der Waals surface area contributed by atoms with E-state index in [1.54, 1.807) is 18.3 Å². The maximum atomic E-state index is 12.3. The summed E-state index contributed by atoms with van der Waals surface area (Å²) < 4.78 is 40.8. The molecule has 0 aromatic heterocycles. The molecule has 0 bridgehead atoms. The molecule has 25 heavy (non-hydrogen) atoms. The van der Waals surface area contributed by atoms with Crippen molar-refractivity contribution in [3.8, 4) is 16.9 Å². The van der Waals surface area contributed by atoms with Gasteiger partial charge in [-0.2, -0.15) is 0 Å². The smallest absolute Gasteiger partial charge is 0.406 e. The van der Waals surface area contributed by atoms with E-state index < -0.39 is 6.36 Å². The Kier molecular flexibility index (Phi) is 4.67. The summed E-state index contributed by atoms with van der Waals surface area (Å²) in [5.41, 5.74) is 5.13. The summed E-state index contributed by atoms with van der Waals surface area (Å²) in [6, 6.07) is 7.71. The van der Waals surface area contributed by atoms with Crippen molar-refractivity contribution in [2.45, 2.75) is 19.7 Å². The van der Waals surface area contributed by atoms with E-state index in [9.17, 15) is 18.3 Å². The monoisotopic (exact) mass is 350 g/mol.